The Balaban J connectivity index is 3.74. The fourth-order valence-corrected chi connectivity index (χ4v) is 1.52. The summed E-state index contributed by atoms with van der Waals surface area (Å²) in [4.78, 5) is 0. The number of rotatable bonds is 9. The van der Waals surface area contributed by atoms with Crippen molar-refractivity contribution in [2.24, 2.45) is 11.7 Å². The number of nitrogens with two attached hydrogens (primary N) is 1. The molecule has 1 atom stereocenters. The highest BCUT2D eigenvalue weighted by atomic mass is 16.7. The van der Waals surface area contributed by atoms with Crippen LogP contribution in [0.1, 0.15) is 47.0 Å². The third kappa shape index (κ3) is 7.77. The predicted molar refractivity (Wildman–Crippen MR) is 63.7 cm³/mol. The maximum atomic E-state index is 6.03. The molecule has 0 aromatic carbocycles. The van der Waals surface area contributed by atoms with Gasteiger partial charge in [0.1, 0.15) is 0 Å². The molecule has 0 amide bonds. The molecule has 0 aliphatic carbocycles. The molecule has 0 fully saturated rings. The summed E-state index contributed by atoms with van der Waals surface area (Å²) in [5.74, 6) is 0.745. The van der Waals surface area contributed by atoms with Crippen molar-refractivity contribution in [1.29, 1.82) is 0 Å². The Kier molecular flexibility index (Phi) is 9.06. The predicted octanol–water partition coefficient (Wildman–Crippen LogP) is 2.54. The van der Waals surface area contributed by atoms with E-state index in [4.69, 9.17) is 15.2 Å². The lowest BCUT2D eigenvalue weighted by atomic mass is 10.0. The van der Waals surface area contributed by atoms with Crippen LogP contribution in [0.15, 0.2) is 0 Å². The van der Waals surface area contributed by atoms with Crippen LogP contribution < -0.4 is 5.73 Å². The molecule has 0 rings (SSSR count). The van der Waals surface area contributed by atoms with E-state index < -0.39 is 0 Å². The molecule has 0 aromatic rings. The fraction of sp³-hybridized carbons (Fsp3) is 1.00. The van der Waals surface area contributed by atoms with Gasteiger partial charge in [-0.15, -0.1) is 0 Å². The maximum absolute atomic E-state index is 6.03. The standard InChI is InChI=1S/C12H27NO2/c1-5-14-12(15-6-2)11(13)9-7-8-10(3)4/h10-12H,5-9,13H2,1-4H3. The van der Waals surface area contributed by atoms with Gasteiger partial charge in [-0.3, -0.25) is 0 Å². The summed E-state index contributed by atoms with van der Waals surface area (Å²) in [6.07, 6.45) is 3.11. The SMILES string of the molecule is CCOC(OCC)C(N)CCCC(C)C. The van der Waals surface area contributed by atoms with E-state index in [1.807, 2.05) is 13.8 Å². The summed E-state index contributed by atoms with van der Waals surface area (Å²) >= 11 is 0. The molecule has 1 unspecified atom stereocenters. The first kappa shape index (κ1) is 14.9. The molecule has 3 nitrogen and oxygen atoms in total. The van der Waals surface area contributed by atoms with Gasteiger partial charge < -0.3 is 15.2 Å². The van der Waals surface area contributed by atoms with Crippen molar-refractivity contribution in [3.8, 4) is 0 Å². The highest BCUT2D eigenvalue weighted by molar-refractivity contribution is 4.66. The molecular weight excluding hydrogens is 190 g/mol. The molecule has 0 radical (unpaired) electrons. The summed E-state index contributed by atoms with van der Waals surface area (Å²) in [6, 6.07) is 0.00338. The summed E-state index contributed by atoms with van der Waals surface area (Å²) in [5.41, 5.74) is 6.03. The minimum atomic E-state index is -0.229. The Morgan fingerprint density at radius 2 is 1.53 bits per heavy atom. The normalized spacial score (nSPS) is 13.8. The van der Waals surface area contributed by atoms with Crippen LogP contribution in [-0.4, -0.2) is 25.5 Å². The Hall–Kier alpha value is -0.120. The molecule has 0 spiro atoms. The van der Waals surface area contributed by atoms with E-state index in [-0.39, 0.29) is 12.3 Å². The van der Waals surface area contributed by atoms with Gasteiger partial charge in [0.25, 0.3) is 0 Å². The van der Waals surface area contributed by atoms with E-state index in [2.05, 4.69) is 13.8 Å². The lowest BCUT2D eigenvalue weighted by Gasteiger charge is -2.23. The third-order valence-electron chi connectivity index (χ3n) is 2.33. The first-order valence-corrected chi connectivity index (χ1v) is 6.10. The van der Waals surface area contributed by atoms with E-state index in [1.54, 1.807) is 0 Å². The molecule has 0 aromatic heterocycles. The second-order valence-electron chi connectivity index (χ2n) is 4.27. The van der Waals surface area contributed by atoms with Crippen molar-refractivity contribution in [2.75, 3.05) is 13.2 Å². The molecule has 0 heterocycles. The van der Waals surface area contributed by atoms with Crippen LogP contribution in [0.2, 0.25) is 0 Å². The molecule has 2 N–H and O–H groups in total. The van der Waals surface area contributed by atoms with Crippen molar-refractivity contribution < 1.29 is 9.47 Å². The van der Waals surface area contributed by atoms with E-state index in [0.717, 1.165) is 18.8 Å². The van der Waals surface area contributed by atoms with Crippen LogP contribution in [0.4, 0.5) is 0 Å². The van der Waals surface area contributed by atoms with Crippen LogP contribution in [-0.2, 0) is 9.47 Å². The van der Waals surface area contributed by atoms with Gasteiger partial charge in [-0.05, 0) is 26.2 Å². The van der Waals surface area contributed by atoms with Gasteiger partial charge in [-0.1, -0.05) is 26.7 Å². The Morgan fingerprint density at radius 1 is 1.00 bits per heavy atom. The van der Waals surface area contributed by atoms with Gasteiger partial charge in [-0.25, -0.2) is 0 Å². The zero-order valence-electron chi connectivity index (χ0n) is 10.7. The minimum Gasteiger partial charge on any atom is -0.351 e. The van der Waals surface area contributed by atoms with E-state index >= 15 is 0 Å². The molecule has 0 saturated heterocycles. The van der Waals surface area contributed by atoms with Crippen LogP contribution in [0.3, 0.4) is 0 Å². The van der Waals surface area contributed by atoms with Crippen molar-refractivity contribution >= 4 is 0 Å². The Morgan fingerprint density at radius 3 is 1.93 bits per heavy atom. The van der Waals surface area contributed by atoms with Crippen LogP contribution in [0.25, 0.3) is 0 Å². The first-order chi connectivity index (χ1) is 7.11. The van der Waals surface area contributed by atoms with Crippen molar-refractivity contribution in [3.63, 3.8) is 0 Å². The van der Waals surface area contributed by atoms with Gasteiger partial charge in [0.05, 0.1) is 6.04 Å². The summed E-state index contributed by atoms with van der Waals surface area (Å²) in [7, 11) is 0. The van der Waals surface area contributed by atoms with E-state index in [9.17, 15) is 0 Å². The van der Waals surface area contributed by atoms with E-state index in [0.29, 0.717) is 13.2 Å². The maximum Gasteiger partial charge on any atom is 0.172 e. The molecule has 3 heteroatoms. The lowest BCUT2D eigenvalue weighted by Crippen LogP contribution is -2.39. The topological polar surface area (TPSA) is 44.5 Å². The quantitative estimate of drug-likeness (QED) is 0.604. The second kappa shape index (κ2) is 9.13. The molecule has 0 saturated carbocycles. The lowest BCUT2D eigenvalue weighted by molar-refractivity contribution is -0.149. The highest BCUT2D eigenvalue weighted by Crippen LogP contribution is 2.11. The molecule has 15 heavy (non-hydrogen) atoms. The van der Waals surface area contributed by atoms with Gasteiger partial charge in [-0.2, -0.15) is 0 Å². The molecule has 92 valence electrons. The average Bonchev–Trinajstić information content (AvgIpc) is 2.16. The summed E-state index contributed by atoms with van der Waals surface area (Å²) in [5, 5.41) is 0. The van der Waals surface area contributed by atoms with Crippen molar-refractivity contribution in [3.05, 3.63) is 0 Å². The number of ether oxygens (including phenoxy) is 2. The molecule has 0 bridgehead atoms. The van der Waals surface area contributed by atoms with Gasteiger partial charge in [0, 0.05) is 13.2 Å². The average molecular weight is 217 g/mol. The Labute approximate surface area is 94.3 Å². The minimum absolute atomic E-state index is 0.00338. The summed E-state index contributed by atoms with van der Waals surface area (Å²) < 4.78 is 10.9. The van der Waals surface area contributed by atoms with Crippen LogP contribution in [0, 0.1) is 5.92 Å². The molecule has 0 aliphatic rings. The van der Waals surface area contributed by atoms with Gasteiger partial charge in [0.15, 0.2) is 6.29 Å². The third-order valence-corrected chi connectivity index (χ3v) is 2.33. The van der Waals surface area contributed by atoms with E-state index in [1.165, 1.54) is 6.42 Å². The Bertz CT molecular complexity index is 134. The number of hydrogen-bond acceptors (Lipinski definition) is 3. The number of hydrogen-bond donors (Lipinski definition) is 1. The van der Waals surface area contributed by atoms with Crippen LogP contribution in [0.5, 0.6) is 0 Å². The molecule has 0 aliphatic heterocycles. The largest absolute Gasteiger partial charge is 0.351 e. The van der Waals surface area contributed by atoms with Crippen molar-refractivity contribution in [1.82, 2.24) is 0 Å². The van der Waals surface area contributed by atoms with Crippen LogP contribution >= 0.6 is 0 Å². The zero-order valence-corrected chi connectivity index (χ0v) is 10.7. The fourth-order valence-electron chi connectivity index (χ4n) is 1.52. The summed E-state index contributed by atoms with van der Waals surface area (Å²) in [6.45, 7) is 9.70. The van der Waals surface area contributed by atoms with Gasteiger partial charge >= 0.3 is 0 Å². The second-order valence-corrected chi connectivity index (χ2v) is 4.27. The highest BCUT2D eigenvalue weighted by Gasteiger charge is 2.17. The zero-order chi connectivity index (χ0) is 11.7. The van der Waals surface area contributed by atoms with Crippen molar-refractivity contribution in [2.45, 2.75) is 59.3 Å². The molecular formula is C12H27NO2. The first-order valence-electron chi connectivity index (χ1n) is 6.10. The van der Waals surface area contributed by atoms with Gasteiger partial charge in [0.2, 0.25) is 0 Å². The monoisotopic (exact) mass is 217 g/mol. The smallest absolute Gasteiger partial charge is 0.172 e.